The van der Waals surface area contributed by atoms with Crippen molar-refractivity contribution in [2.75, 3.05) is 6.26 Å². The maximum absolute atomic E-state index is 10.1. The molecule has 4 heteroatoms. The minimum absolute atomic E-state index is 0.386. The quantitative estimate of drug-likeness (QED) is 0.242. The first kappa shape index (κ1) is 8.49. The van der Waals surface area contributed by atoms with Crippen LogP contribution in [0.1, 0.15) is 13.8 Å². The van der Waals surface area contributed by atoms with Gasteiger partial charge in [-0.25, -0.2) is 4.79 Å². The molecule has 0 N–H and O–H groups in total. The Morgan fingerprint density at radius 2 is 2.11 bits per heavy atom. The molecule has 0 rings (SSSR count). The third-order valence-corrected chi connectivity index (χ3v) is 1.26. The monoisotopic (exact) mass is 147 g/mol. The molecular weight excluding hydrogens is 138 g/mol. The second-order valence-corrected chi connectivity index (χ2v) is 2.40. The Kier molecular flexibility index (Phi) is 4.13. The lowest BCUT2D eigenvalue weighted by Crippen LogP contribution is -1.93. The third-order valence-electron chi connectivity index (χ3n) is 0.598. The zero-order valence-electron chi connectivity index (χ0n) is 5.67. The van der Waals surface area contributed by atoms with Gasteiger partial charge in [0.15, 0.2) is 0 Å². The molecule has 0 aliphatic carbocycles. The lowest BCUT2D eigenvalue weighted by Gasteiger charge is -1.91. The highest BCUT2D eigenvalue weighted by Gasteiger charge is 1.89. The van der Waals surface area contributed by atoms with Crippen molar-refractivity contribution in [2.45, 2.75) is 13.8 Å². The van der Waals surface area contributed by atoms with Gasteiger partial charge >= 0.3 is 5.97 Å². The second-order valence-electron chi connectivity index (χ2n) is 1.40. The van der Waals surface area contributed by atoms with Crippen LogP contribution in [0, 0.1) is 0 Å². The molecule has 3 nitrogen and oxygen atoms in total. The van der Waals surface area contributed by atoms with E-state index in [1.807, 2.05) is 6.26 Å². The van der Waals surface area contributed by atoms with Gasteiger partial charge in [-0.15, -0.1) is 11.8 Å². The van der Waals surface area contributed by atoms with Gasteiger partial charge in [-0.1, -0.05) is 5.16 Å². The normalized spacial score (nSPS) is 11.2. The second kappa shape index (κ2) is 4.38. The van der Waals surface area contributed by atoms with Crippen molar-refractivity contribution in [3.8, 4) is 0 Å². The first-order chi connectivity index (χ1) is 4.16. The zero-order chi connectivity index (χ0) is 7.28. The number of rotatable bonds is 1. The van der Waals surface area contributed by atoms with E-state index in [0.717, 1.165) is 5.04 Å². The molecule has 0 unspecified atom stereocenters. The van der Waals surface area contributed by atoms with Gasteiger partial charge in [0.25, 0.3) is 0 Å². The van der Waals surface area contributed by atoms with Crippen LogP contribution in [0.15, 0.2) is 5.16 Å². The largest absolute Gasteiger partial charge is 0.332 e. The van der Waals surface area contributed by atoms with E-state index in [-0.39, 0.29) is 5.97 Å². The predicted molar refractivity (Wildman–Crippen MR) is 38.4 cm³/mol. The highest BCUT2D eigenvalue weighted by molar-refractivity contribution is 8.13. The number of nitrogens with zero attached hydrogens (tertiary/aromatic N) is 1. The molecule has 0 aromatic rings. The highest BCUT2D eigenvalue weighted by atomic mass is 32.2. The molecule has 0 aliphatic rings. The molecule has 9 heavy (non-hydrogen) atoms. The van der Waals surface area contributed by atoms with Gasteiger partial charge in [0, 0.05) is 6.92 Å². The van der Waals surface area contributed by atoms with Crippen molar-refractivity contribution in [3.05, 3.63) is 0 Å². The van der Waals surface area contributed by atoms with Crippen molar-refractivity contribution < 1.29 is 9.63 Å². The first-order valence-electron chi connectivity index (χ1n) is 2.43. The average Bonchev–Trinajstić information content (AvgIpc) is 1.83. The van der Waals surface area contributed by atoms with Crippen molar-refractivity contribution in [3.63, 3.8) is 0 Å². The number of hydrogen-bond donors (Lipinski definition) is 0. The van der Waals surface area contributed by atoms with Crippen LogP contribution in [0.4, 0.5) is 0 Å². The molecule has 0 aliphatic heterocycles. The first-order valence-corrected chi connectivity index (χ1v) is 3.65. The molecule has 0 saturated heterocycles. The molecule has 0 atom stereocenters. The summed E-state index contributed by atoms with van der Waals surface area (Å²) in [6, 6.07) is 0. The molecule has 0 amide bonds. The Balaban J connectivity index is 3.56. The minimum Gasteiger partial charge on any atom is -0.318 e. The van der Waals surface area contributed by atoms with E-state index in [1.165, 1.54) is 18.7 Å². The number of hydrogen-bond acceptors (Lipinski definition) is 4. The molecule has 0 saturated carbocycles. The van der Waals surface area contributed by atoms with Gasteiger partial charge < -0.3 is 4.84 Å². The fourth-order valence-electron chi connectivity index (χ4n) is 0.166. The van der Waals surface area contributed by atoms with Crippen molar-refractivity contribution in [1.29, 1.82) is 0 Å². The molecule has 0 radical (unpaired) electrons. The van der Waals surface area contributed by atoms with Crippen LogP contribution in [-0.4, -0.2) is 17.3 Å². The van der Waals surface area contributed by atoms with Gasteiger partial charge in [-0.05, 0) is 13.2 Å². The minimum atomic E-state index is -0.386. The van der Waals surface area contributed by atoms with Crippen molar-refractivity contribution >= 4 is 22.8 Å². The van der Waals surface area contributed by atoms with Crippen molar-refractivity contribution in [1.82, 2.24) is 0 Å². The Morgan fingerprint density at radius 1 is 1.56 bits per heavy atom. The van der Waals surface area contributed by atoms with Crippen LogP contribution in [0.3, 0.4) is 0 Å². The average molecular weight is 147 g/mol. The number of carbonyl (C=O) groups excluding carboxylic acids is 1. The molecule has 0 aromatic carbocycles. The van der Waals surface area contributed by atoms with Crippen LogP contribution in [0.2, 0.25) is 0 Å². The maximum Gasteiger partial charge on any atom is 0.332 e. The van der Waals surface area contributed by atoms with E-state index in [1.54, 1.807) is 6.92 Å². The number of oxime groups is 1. The van der Waals surface area contributed by atoms with Gasteiger partial charge in [-0.3, -0.25) is 0 Å². The number of thioether (sulfide) groups is 1. The van der Waals surface area contributed by atoms with E-state index >= 15 is 0 Å². The van der Waals surface area contributed by atoms with E-state index in [2.05, 4.69) is 9.99 Å². The van der Waals surface area contributed by atoms with Crippen LogP contribution in [-0.2, 0) is 9.63 Å². The summed E-state index contributed by atoms with van der Waals surface area (Å²) in [5.41, 5.74) is 0. The van der Waals surface area contributed by atoms with Gasteiger partial charge in [-0.2, -0.15) is 0 Å². The fourth-order valence-corrected chi connectivity index (χ4v) is 0.278. The Morgan fingerprint density at radius 3 is 2.44 bits per heavy atom. The summed E-state index contributed by atoms with van der Waals surface area (Å²) < 4.78 is 0. The van der Waals surface area contributed by atoms with Gasteiger partial charge in [0.05, 0.1) is 0 Å². The van der Waals surface area contributed by atoms with Crippen molar-refractivity contribution in [2.24, 2.45) is 5.16 Å². The standard InChI is InChI=1S/C5H9NO2S/c1-4(9-3)6-8-5(2)7/h1-3H3/b6-4+. The smallest absolute Gasteiger partial charge is 0.318 e. The van der Waals surface area contributed by atoms with Crippen LogP contribution in [0.5, 0.6) is 0 Å². The van der Waals surface area contributed by atoms with Gasteiger partial charge in [0.2, 0.25) is 0 Å². The molecular formula is C5H9NO2S. The van der Waals surface area contributed by atoms with E-state index in [0.29, 0.717) is 0 Å². The van der Waals surface area contributed by atoms with Crippen LogP contribution >= 0.6 is 11.8 Å². The SMILES string of the molecule is CS/C(C)=N/OC(C)=O. The lowest BCUT2D eigenvalue weighted by atomic mass is 10.8. The van der Waals surface area contributed by atoms with E-state index in [4.69, 9.17) is 0 Å². The number of carbonyl (C=O) groups is 1. The van der Waals surface area contributed by atoms with Crippen LogP contribution in [0.25, 0.3) is 0 Å². The summed E-state index contributed by atoms with van der Waals surface area (Å²) in [5.74, 6) is -0.386. The third kappa shape index (κ3) is 5.36. The molecule has 52 valence electrons. The molecule has 0 fully saturated rings. The molecule has 0 spiro atoms. The summed E-state index contributed by atoms with van der Waals surface area (Å²) >= 11 is 1.44. The summed E-state index contributed by atoms with van der Waals surface area (Å²) in [6.45, 7) is 3.09. The Hall–Kier alpha value is -0.510. The summed E-state index contributed by atoms with van der Waals surface area (Å²) in [5, 5.41) is 4.21. The maximum atomic E-state index is 10.1. The Bertz CT molecular complexity index is 133. The highest BCUT2D eigenvalue weighted by Crippen LogP contribution is 1.96. The Labute approximate surface area is 58.4 Å². The zero-order valence-corrected chi connectivity index (χ0v) is 6.49. The topological polar surface area (TPSA) is 38.7 Å². The summed E-state index contributed by atoms with van der Waals surface area (Å²) in [6.07, 6.45) is 1.86. The predicted octanol–water partition coefficient (Wildman–Crippen LogP) is 1.25. The molecule has 0 heterocycles. The van der Waals surface area contributed by atoms with E-state index in [9.17, 15) is 4.79 Å². The lowest BCUT2D eigenvalue weighted by molar-refractivity contribution is -0.140. The molecule has 0 bridgehead atoms. The van der Waals surface area contributed by atoms with E-state index < -0.39 is 0 Å². The van der Waals surface area contributed by atoms with Crippen LogP contribution < -0.4 is 0 Å². The fraction of sp³-hybridized carbons (Fsp3) is 0.600. The van der Waals surface area contributed by atoms with Gasteiger partial charge in [0.1, 0.15) is 5.04 Å². The molecule has 0 aromatic heterocycles. The summed E-state index contributed by atoms with van der Waals surface area (Å²) in [4.78, 5) is 14.4. The summed E-state index contributed by atoms with van der Waals surface area (Å²) in [7, 11) is 0.